The number of hydrogen-bond acceptors (Lipinski definition) is 4. The average Bonchev–Trinajstić information content (AvgIpc) is 3.05. The van der Waals surface area contributed by atoms with Crippen molar-refractivity contribution in [1.82, 2.24) is 9.88 Å². The SMILES string of the molecule is Cc1ccc2cccc(OCC(=O)N(C)Cc3cccs3)c2n1. The van der Waals surface area contributed by atoms with Gasteiger partial charge in [0, 0.05) is 23.0 Å². The van der Waals surface area contributed by atoms with Gasteiger partial charge < -0.3 is 9.64 Å². The standard InChI is InChI=1S/C18H18N2O2S/c1-13-8-9-14-5-3-7-16(18(14)19-13)22-12-17(21)20(2)11-15-6-4-10-23-15/h3-10H,11-12H2,1-2H3. The number of aromatic nitrogens is 1. The van der Waals surface area contributed by atoms with Crippen LogP contribution >= 0.6 is 11.3 Å². The van der Waals surface area contributed by atoms with Gasteiger partial charge in [-0.2, -0.15) is 0 Å². The van der Waals surface area contributed by atoms with Crippen LogP contribution in [-0.2, 0) is 11.3 Å². The smallest absolute Gasteiger partial charge is 0.260 e. The number of thiophene rings is 1. The molecule has 23 heavy (non-hydrogen) atoms. The van der Waals surface area contributed by atoms with Crippen LogP contribution in [0.2, 0.25) is 0 Å². The fourth-order valence-electron chi connectivity index (χ4n) is 2.31. The number of carbonyl (C=O) groups excluding carboxylic acids is 1. The second kappa shape index (κ2) is 6.79. The lowest BCUT2D eigenvalue weighted by Crippen LogP contribution is -2.30. The van der Waals surface area contributed by atoms with Crippen LogP contribution in [0.25, 0.3) is 10.9 Å². The summed E-state index contributed by atoms with van der Waals surface area (Å²) in [5, 5.41) is 3.02. The molecule has 0 saturated carbocycles. The molecule has 0 aliphatic heterocycles. The van der Waals surface area contributed by atoms with Gasteiger partial charge in [-0.15, -0.1) is 11.3 Å². The summed E-state index contributed by atoms with van der Waals surface area (Å²) >= 11 is 1.64. The molecule has 118 valence electrons. The van der Waals surface area contributed by atoms with Crippen LogP contribution in [0.1, 0.15) is 10.6 Å². The Labute approximate surface area is 139 Å². The first kappa shape index (κ1) is 15.5. The first-order valence-corrected chi connectivity index (χ1v) is 8.27. The Hall–Kier alpha value is -2.40. The van der Waals surface area contributed by atoms with Crippen molar-refractivity contribution in [2.24, 2.45) is 0 Å². The normalized spacial score (nSPS) is 10.7. The molecule has 0 atom stereocenters. The molecule has 2 aromatic heterocycles. The number of ether oxygens (including phenoxy) is 1. The molecule has 3 rings (SSSR count). The first-order chi connectivity index (χ1) is 11.1. The summed E-state index contributed by atoms with van der Waals surface area (Å²) in [5.74, 6) is 0.590. The second-order valence-corrected chi connectivity index (χ2v) is 6.43. The molecule has 0 saturated heterocycles. The van der Waals surface area contributed by atoms with Gasteiger partial charge in [-0.25, -0.2) is 4.98 Å². The molecular weight excluding hydrogens is 308 g/mol. The van der Waals surface area contributed by atoms with Gasteiger partial charge in [0.05, 0.1) is 6.54 Å². The predicted molar refractivity (Wildman–Crippen MR) is 92.8 cm³/mol. The number of rotatable bonds is 5. The highest BCUT2D eigenvalue weighted by Gasteiger charge is 2.12. The molecule has 0 aliphatic carbocycles. The number of pyridine rings is 1. The highest BCUT2D eigenvalue weighted by Crippen LogP contribution is 2.24. The van der Waals surface area contributed by atoms with Crippen LogP contribution in [0.15, 0.2) is 47.8 Å². The topological polar surface area (TPSA) is 42.4 Å². The van der Waals surface area contributed by atoms with E-state index in [4.69, 9.17) is 4.74 Å². The molecule has 5 heteroatoms. The minimum Gasteiger partial charge on any atom is -0.481 e. The van der Waals surface area contributed by atoms with Crippen molar-refractivity contribution in [2.75, 3.05) is 13.7 Å². The van der Waals surface area contributed by atoms with Gasteiger partial charge in [0.15, 0.2) is 6.61 Å². The number of fused-ring (bicyclic) bond motifs is 1. The lowest BCUT2D eigenvalue weighted by molar-refractivity contribution is -0.132. The first-order valence-electron chi connectivity index (χ1n) is 7.39. The van der Waals surface area contributed by atoms with Crippen molar-refractivity contribution in [3.63, 3.8) is 0 Å². The quantitative estimate of drug-likeness (QED) is 0.719. The number of nitrogens with zero attached hydrogens (tertiary/aromatic N) is 2. The average molecular weight is 326 g/mol. The Morgan fingerprint density at radius 3 is 2.87 bits per heavy atom. The van der Waals surface area contributed by atoms with Crippen molar-refractivity contribution in [3.05, 3.63) is 58.4 Å². The maximum atomic E-state index is 12.2. The van der Waals surface area contributed by atoms with Gasteiger partial charge in [0.2, 0.25) is 0 Å². The molecule has 0 unspecified atom stereocenters. The third-order valence-electron chi connectivity index (χ3n) is 3.57. The largest absolute Gasteiger partial charge is 0.481 e. The van der Waals surface area contributed by atoms with Gasteiger partial charge in [-0.05, 0) is 30.5 Å². The fourth-order valence-corrected chi connectivity index (χ4v) is 3.07. The highest BCUT2D eigenvalue weighted by atomic mass is 32.1. The highest BCUT2D eigenvalue weighted by molar-refractivity contribution is 7.09. The molecule has 0 spiro atoms. The van der Waals surface area contributed by atoms with E-state index in [0.29, 0.717) is 12.3 Å². The molecule has 3 aromatic rings. The van der Waals surface area contributed by atoms with Gasteiger partial charge in [-0.1, -0.05) is 24.3 Å². The Bertz CT molecular complexity index is 815. The zero-order valence-electron chi connectivity index (χ0n) is 13.2. The Balaban J connectivity index is 1.68. The number of likely N-dealkylation sites (N-methyl/N-ethyl adjacent to an activating group) is 1. The summed E-state index contributed by atoms with van der Waals surface area (Å²) in [6.07, 6.45) is 0. The van der Waals surface area contributed by atoms with E-state index in [9.17, 15) is 4.79 Å². The number of amides is 1. The van der Waals surface area contributed by atoms with Crippen LogP contribution in [-0.4, -0.2) is 29.4 Å². The lowest BCUT2D eigenvalue weighted by atomic mass is 10.2. The molecular formula is C18H18N2O2S. The molecule has 2 heterocycles. The fraction of sp³-hybridized carbons (Fsp3) is 0.222. The van der Waals surface area contributed by atoms with Crippen LogP contribution in [0.3, 0.4) is 0 Å². The van der Waals surface area contributed by atoms with E-state index in [1.165, 1.54) is 0 Å². The van der Waals surface area contributed by atoms with Crippen LogP contribution < -0.4 is 4.74 Å². The van der Waals surface area contributed by atoms with E-state index >= 15 is 0 Å². The second-order valence-electron chi connectivity index (χ2n) is 5.40. The van der Waals surface area contributed by atoms with E-state index in [0.717, 1.165) is 21.5 Å². The zero-order chi connectivity index (χ0) is 16.2. The Morgan fingerprint density at radius 1 is 1.22 bits per heavy atom. The van der Waals surface area contributed by atoms with Crippen molar-refractivity contribution in [2.45, 2.75) is 13.5 Å². The molecule has 0 radical (unpaired) electrons. The number of aryl methyl sites for hydroxylation is 1. The third-order valence-corrected chi connectivity index (χ3v) is 4.43. The van der Waals surface area contributed by atoms with Crippen molar-refractivity contribution in [3.8, 4) is 5.75 Å². The summed E-state index contributed by atoms with van der Waals surface area (Å²) in [7, 11) is 1.79. The number of carbonyl (C=O) groups is 1. The van der Waals surface area contributed by atoms with Gasteiger partial charge in [0.25, 0.3) is 5.91 Å². The summed E-state index contributed by atoms with van der Waals surface area (Å²) < 4.78 is 5.73. The maximum absolute atomic E-state index is 12.2. The predicted octanol–water partition coefficient (Wildman–Crippen LogP) is 3.64. The maximum Gasteiger partial charge on any atom is 0.260 e. The van der Waals surface area contributed by atoms with E-state index in [1.807, 2.05) is 54.8 Å². The van der Waals surface area contributed by atoms with Crippen LogP contribution in [0.4, 0.5) is 0 Å². The number of benzene rings is 1. The molecule has 0 bridgehead atoms. The third kappa shape index (κ3) is 3.68. The van der Waals surface area contributed by atoms with Crippen LogP contribution in [0.5, 0.6) is 5.75 Å². The Morgan fingerprint density at radius 2 is 2.09 bits per heavy atom. The van der Waals surface area contributed by atoms with E-state index in [-0.39, 0.29) is 12.5 Å². The summed E-state index contributed by atoms with van der Waals surface area (Å²) in [4.78, 5) is 19.6. The minimum absolute atomic E-state index is 0.0105. The molecule has 1 amide bonds. The van der Waals surface area contributed by atoms with Crippen molar-refractivity contribution in [1.29, 1.82) is 0 Å². The van der Waals surface area contributed by atoms with Gasteiger partial charge in [-0.3, -0.25) is 4.79 Å². The number of hydrogen-bond donors (Lipinski definition) is 0. The molecule has 1 aromatic carbocycles. The van der Waals surface area contributed by atoms with Gasteiger partial charge >= 0.3 is 0 Å². The Kier molecular flexibility index (Phi) is 4.57. The lowest BCUT2D eigenvalue weighted by Gasteiger charge is -2.17. The molecule has 0 aliphatic rings. The molecule has 4 nitrogen and oxygen atoms in total. The van der Waals surface area contributed by atoms with E-state index < -0.39 is 0 Å². The summed E-state index contributed by atoms with van der Waals surface area (Å²) in [6, 6.07) is 13.7. The molecule has 0 N–H and O–H groups in total. The van der Waals surface area contributed by atoms with E-state index in [1.54, 1.807) is 23.3 Å². The van der Waals surface area contributed by atoms with Gasteiger partial charge in [0.1, 0.15) is 11.3 Å². The van der Waals surface area contributed by atoms with Crippen LogP contribution in [0, 0.1) is 6.92 Å². The minimum atomic E-state index is -0.0527. The van der Waals surface area contributed by atoms with E-state index in [2.05, 4.69) is 4.98 Å². The number of para-hydroxylation sites is 1. The summed E-state index contributed by atoms with van der Waals surface area (Å²) in [6.45, 7) is 2.56. The van der Waals surface area contributed by atoms with Crippen molar-refractivity contribution >= 4 is 28.1 Å². The summed E-state index contributed by atoms with van der Waals surface area (Å²) in [5.41, 5.74) is 1.72. The van der Waals surface area contributed by atoms with Crippen molar-refractivity contribution < 1.29 is 9.53 Å². The monoisotopic (exact) mass is 326 g/mol. The molecule has 0 fully saturated rings. The zero-order valence-corrected chi connectivity index (χ0v) is 14.0.